The first-order valence-electron chi connectivity index (χ1n) is 37.4. The van der Waals surface area contributed by atoms with Crippen LogP contribution in [0.5, 0.6) is 0 Å². The second-order valence-corrected chi connectivity index (χ2v) is 26.2. The van der Waals surface area contributed by atoms with Gasteiger partial charge in [0.25, 0.3) is 0 Å². The highest BCUT2D eigenvalue weighted by Crippen LogP contribution is 2.18. The molecule has 0 aliphatic rings. The molecule has 0 saturated carbocycles. The molecule has 0 N–H and O–H groups in total. The molecule has 9 nitrogen and oxygen atoms in total. The van der Waals surface area contributed by atoms with E-state index in [1.54, 1.807) is 0 Å². The lowest BCUT2D eigenvalue weighted by molar-refractivity contribution is -0.870. The maximum Gasteiger partial charge on any atom is 0.306 e. The summed E-state index contributed by atoms with van der Waals surface area (Å²) in [5.74, 6) is -2.27. The van der Waals surface area contributed by atoms with Crippen LogP contribution in [-0.2, 0) is 33.3 Å². The number of carbonyl (C=O) groups is 3. The summed E-state index contributed by atoms with van der Waals surface area (Å²) in [5, 5.41) is 11.8. The molecule has 2 unspecified atom stereocenters. The van der Waals surface area contributed by atoms with Crippen LogP contribution in [-0.4, -0.2) is 82.3 Å². The summed E-state index contributed by atoms with van der Waals surface area (Å²) in [6.45, 7) is 4.68. The predicted octanol–water partition coefficient (Wildman–Crippen LogP) is 22.3. The van der Waals surface area contributed by atoms with Crippen LogP contribution in [0.4, 0.5) is 0 Å². The number of unbranched alkanes of at least 4 members (excludes halogenated alkanes) is 38. The van der Waals surface area contributed by atoms with E-state index in [1.165, 1.54) is 225 Å². The molecule has 514 valence electrons. The standard InChI is InChI=1S/C80H141NO8/c1-6-8-10-12-14-16-18-20-22-24-26-28-30-32-33-34-35-36-37-38-39-40-41-42-43-44-45-47-49-51-53-55-57-59-61-63-65-67-69-71-78(83)89-76(75-88-80(79(84)85)86-73-72-81(3,4)5)74-87-77(82)70-68-66-64-62-60-58-56-54-52-50-48-46-31-29-27-25-23-21-19-17-15-13-11-9-7-2/h8,10,14,16,20,22,25-28,32-33,35-36,38-39,76,80H,6-7,9,11-13,15,17-19,21,23-24,29-31,34,37,40-75H2,1-5H3/b10-8-,16-14-,22-20-,27-25-,28-26-,33-32-,36-35-,39-38-. The Kier molecular flexibility index (Phi) is 67.1. The molecule has 0 heterocycles. The Morgan fingerprint density at radius 1 is 0.348 bits per heavy atom. The topological polar surface area (TPSA) is 111 Å². The molecule has 0 radical (unpaired) electrons. The zero-order chi connectivity index (χ0) is 64.7. The number of carboxylic acid groups (broad SMARTS) is 1. The van der Waals surface area contributed by atoms with Crippen molar-refractivity contribution in [1.82, 2.24) is 0 Å². The number of likely N-dealkylation sites (N-methyl/N-ethyl adjacent to an activating group) is 1. The van der Waals surface area contributed by atoms with Crippen LogP contribution >= 0.6 is 0 Å². The molecule has 0 aromatic carbocycles. The van der Waals surface area contributed by atoms with Crippen molar-refractivity contribution < 1.29 is 42.9 Å². The Morgan fingerprint density at radius 2 is 0.640 bits per heavy atom. The summed E-state index contributed by atoms with van der Waals surface area (Å²) in [6, 6.07) is 0. The van der Waals surface area contributed by atoms with Gasteiger partial charge in [-0.3, -0.25) is 9.59 Å². The van der Waals surface area contributed by atoms with E-state index in [0.717, 1.165) is 77.0 Å². The van der Waals surface area contributed by atoms with Gasteiger partial charge >= 0.3 is 11.9 Å². The average Bonchev–Trinajstić information content (AvgIpc) is 3.64. The summed E-state index contributed by atoms with van der Waals surface area (Å²) < 4.78 is 22.8. The van der Waals surface area contributed by atoms with Crippen LogP contribution in [0.25, 0.3) is 0 Å². The van der Waals surface area contributed by atoms with Gasteiger partial charge in [-0.25, -0.2) is 0 Å². The molecular formula is C80H141NO8. The Labute approximate surface area is 550 Å². The SMILES string of the molecule is CC/C=C\C/C=C\C/C=C\C/C=C\C/C=C\C/C=C\C/C=C\CCCCCCCCCCCCCCCCCCCC(=O)OC(COC(=O)CCCCCCCCCCCCCCC/C=C\CCCCCCCCCC)COC(OCC[N+](C)(C)C)C(=O)[O-]. The second-order valence-electron chi connectivity index (χ2n) is 26.2. The zero-order valence-corrected chi connectivity index (χ0v) is 58.8. The van der Waals surface area contributed by atoms with E-state index in [2.05, 4.69) is 111 Å². The number of hydrogen-bond donors (Lipinski definition) is 0. The van der Waals surface area contributed by atoms with E-state index in [0.29, 0.717) is 23.9 Å². The lowest BCUT2D eigenvalue weighted by Gasteiger charge is -2.26. The highest BCUT2D eigenvalue weighted by Gasteiger charge is 2.22. The molecule has 0 bridgehead atoms. The van der Waals surface area contributed by atoms with Crippen LogP contribution in [0.1, 0.15) is 335 Å². The third kappa shape index (κ3) is 71.5. The molecule has 0 rings (SSSR count). The lowest BCUT2D eigenvalue weighted by atomic mass is 10.0. The molecule has 2 atom stereocenters. The molecule has 0 fully saturated rings. The van der Waals surface area contributed by atoms with Crippen molar-refractivity contribution in [3.05, 3.63) is 97.2 Å². The Balaban J connectivity index is 4.05. The molecule has 0 aliphatic carbocycles. The largest absolute Gasteiger partial charge is 0.545 e. The summed E-state index contributed by atoms with van der Waals surface area (Å²) in [4.78, 5) is 37.5. The van der Waals surface area contributed by atoms with Crippen molar-refractivity contribution >= 4 is 17.9 Å². The summed E-state index contributed by atoms with van der Waals surface area (Å²) in [6.07, 6.45) is 93.6. The van der Waals surface area contributed by atoms with E-state index >= 15 is 0 Å². The van der Waals surface area contributed by atoms with Gasteiger partial charge in [-0.15, -0.1) is 0 Å². The van der Waals surface area contributed by atoms with Gasteiger partial charge in [0.1, 0.15) is 13.2 Å². The fraction of sp³-hybridized carbons (Fsp3) is 0.762. The molecule has 0 aromatic heterocycles. The number of ether oxygens (including phenoxy) is 4. The molecular weight excluding hydrogens is 1100 g/mol. The van der Waals surface area contributed by atoms with Crippen LogP contribution < -0.4 is 5.11 Å². The Bertz CT molecular complexity index is 1790. The van der Waals surface area contributed by atoms with Crippen molar-refractivity contribution in [3.63, 3.8) is 0 Å². The summed E-state index contributed by atoms with van der Waals surface area (Å²) >= 11 is 0. The van der Waals surface area contributed by atoms with Crippen LogP contribution in [0, 0.1) is 0 Å². The monoisotopic (exact) mass is 1240 g/mol. The highest BCUT2D eigenvalue weighted by atomic mass is 16.7. The number of quaternary nitrogens is 1. The van der Waals surface area contributed by atoms with Crippen molar-refractivity contribution in [1.29, 1.82) is 0 Å². The van der Waals surface area contributed by atoms with Crippen LogP contribution in [0.2, 0.25) is 0 Å². The van der Waals surface area contributed by atoms with Crippen molar-refractivity contribution in [2.75, 3.05) is 47.5 Å². The Morgan fingerprint density at radius 3 is 0.966 bits per heavy atom. The number of carboxylic acids is 1. The maximum atomic E-state index is 13.0. The van der Waals surface area contributed by atoms with Crippen molar-refractivity contribution in [2.24, 2.45) is 0 Å². The summed E-state index contributed by atoms with van der Waals surface area (Å²) in [7, 11) is 5.94. The summed E-state index contributed by atoms with van der Waals surface area (Å²) in [5.41, 5.74) is 0. The quantitative estimate of drug-likeness (QED) is 0.0195. The number of hydrogen-bond acceptors (Lipinski definition) is 8. The zero-order valence-electron chi connectivity index (χ0n) is 58.8. The van der Waals surface area contributed by atoms with E-state index in [4.69, 9.17) is 18.9 Å². The predicted molar refractivity (Wildman–Crippen MR) is 380 cm³/mol. The average molecular weight is 1250 g/mol. The van der Waals surface area contributed by atoms with Gasteiger partial charge in [-0.05, 0) is 96.3 Å². The fourth-order valence-corrected chi connectivity index (χ4v) is 10.6. The number of carbonyl (C=O) groups excluding carboxylic acids is 3. The van der Waals surface area contributed by atoms with E-state index < -0.39 is 24.3 Å². The molecule has 0 amide bonds. The van der Waals surface area contributed by atoms with Gasteiger partial charge in [-0.2, -0.15) is 0 Å². The second kappa shape index (κ2) is 70.1. The molecule has 0 spiro atoms. The number of esters is 2. The van der Waals surface area contributed by atoms with Gasteiger partial charge in [0.15, 0.2) is 12.4 Å². The normalized spacial score (nSPS) is 13.2. The Hall–Kier alpha value is -3.79. The van der Waals surface area contributed by atoms with E-state index in [9.17, 15) is 19.5 Å². The molecule has 0 aromatic rings. The first kappa shape index (κ1) is 85.2. The van der Waals surface area contributed by atoms with Crippen molar-refractivity contribution in [2.45, 2.75) is 347 Å². The minimum absolute atomic E-state index is 0.147. The van der Waals surface area contributed by atoms with E-state index in [1.807, 2.05) is 21.1 Å². The fourth-order valence-electron chi connectivity index (χ4n) is 10.6. The van der Waals surface area contributed by atoms with Crippen molar-refractivity contribution in [3.8, 4) is 0 Å². The third-order valence-corrected chi connectivity index (χ3v) is 16.3. The molecule has 0 aliphatic heterocycles. The first-order valence-corrected chi connectivity index (χ1v) is 37.4. The smallest absolute Gasteiger partial charge is 0.306 e. The first-order chi connectivity index (χ1) is 43.6. The van der Waals surface area contributed by atoms with Gasteiger partial charge in [0.2, 0.25) is 0 Å². The minimum atomic E-state index is -1.62. The van der Waals surface area contributed by atoms with Gasteiger partial charge < -0.3 is 33.3 Å². The number of rotatable bonds is 69. The van der Waals surface area contributed by atoms with Gasteiger partial charge in [-0.1, -0.05) is 323 Å². The number of allylic oxidation sites excluding steroid dienone is 16. The molecule has 9 heteroatoms. The van der Waals surface area contributed by atoms with E-state index in [-0.39, 0.29) is 32.2 Å². The number of aliphatic carboxylic acids is 1. The molecule has 89 heavy (non-hydrogen) atoms. The molecule has 0 saturated heterocycles. The lowest BCUT2D eigenvalue weighted by Crippen LogP contribution is -2.44. The highest BCUT2D eigenvalue weighted by molar-refractivity contribution is 5.70. The number of nitrogens with zero attached hydrogens (tertiary/aromatic N) is 1. The van der Waals surface area contributed by atoms with Crippen LogP contribution in [0.15, 0.2) is 97.2 Å². The minimum Gasteiger partial charge on any atom is -0.545 e. The van der Waals surface area contributed by atoms with Gasteiger partial charge in [0.05, 0.1) is 40.3 Å². The van der Waals surface area contributed by atoms with Gasteiger partial charge in [0, 0.05) is 12.8 Å². The maximum absolute atomic E-state index is 13.0. The van der Waals surface area contributed by atoms with Crippen LogP contribution in [0.3, 0.4) is 0 Å². The third-order valence-electron chi connectivity index (χ3n) is 16.3.